The van der Waals surface area contributed by atoms with Gasteiger partial charge in [-0.1, -0.05) is 42.5 Å². The van der Waals surface area contributed by atoms with Gasteiger partial charge in [-0.05, 0) is 60.7 Å². The number of nitrogens with one attached hydrogen (secondary N) is 1. The van der Waals surface area contributed by atoms with E-state index in [-0.39, 0.29) is 12.3 Å². The molecular weight excluding hydrogens is 414 g/mol. The molecule has 0 aromatic heterocycles. The number of aryl methyl sites for hydroxylation is 2. The largest absolute Gasteiger partial charge is 0.311 e. The van der Waals surface area contributed by atoms with Gasteiger partial charge < -0.3 is 4.90 Å². The Labute approximate surface area is 192 Å². The Kier molecular flexibility index (Phi) is 6.61. The smallest absolute Gasteiger partial charge is 0.260 e. The van der Waals surface area contributed by atoms with Crippen molar-refractivity contribution in [2.75, 3.05) is 11.4 Å². The number of carbonyl (C=O) groups excluding carboxylic acids is 3. The summed E-state index contributed by atoms with van der Waals surface area (Å²) in [7, 11) is 0. The average Bonchev–Trinajstić information content (AvgIpc) is 2.87. The summed E-state index contributed by atoms with van der Waals surface area (Å²) in [5.41, 5.74) is 3.78. The van der Waals surface area contributed by atoms with E-state index in [9.17, 15) is 14.4 Å². The molecule has 4 rings (SSSR count). The van der Waals surface area contributed by atoms with Crippen LogP contribution in [0.5, 0.6) is 0 Å². The number of amides is 3. The minimum atomic E-state index is -0.521. The van der Waals surface area contributed by atoms with Gasteiger partial charge in [-0.3, -0.25) is 19.7 Å². The molecular formula is C27H23N3O3. The maximum absolute atomic E-state index is 13.2. The molecule has 0 fully saturated rings. The molecule has 3 aromatic rings. The zero-order chi connectivity index (χ0) is 23.2. The Balaban J connectivity index is 1.52. The Morgan fingerprint density at radius 3 is 2.39 bits per heavy atom. The van der Waals surface area contributed by atoms with Crippen LogP contribution in [0, 0.1) is 11.3 Å². The zero-order valence-corrected chi connectivity index (χ0v) is 18.1. The molecule has 0 atom stereocenters. The Morgan fingerprint density at radius 2 is 1.67 bits per heavy atom. The monoisotopic (exact) mass is 437 g/mol. The van der Waals surface area contributed by atoms with Crippen LogP contribution in [0.3, 0.4) is 0 Å². The average molecular weight is 437 g/mol. The van der Waals surface area contributed by atoms with Gasteiger partial charge in [-0.25, -0.2) is 0 Å². The number of nitrogens with zero attached hydrogens (tertiary/aromatic N) is 2. The topological polar surface area (TPSA) is 90.3 Å². The molecule has 1 aliphatic rings. The minimum absolute atomic E-state index is 0.0741. The lowest BCUT2D eigenvalue weighted by Gasteiger charge is -2.31. The number of anilines is 1. The highest BCUT2D eigenvalue weighted by molar-refractivity contribution is 6.14. The summed E-state index contributed by atoms with van der Waals surface area (Å²) in [6.07, 6.45) is 2.40. The summed E-state index contributed by atoms with van der Waals surface area (Å²) in [6, 6.07) is 23.2. The lowest BCUT2D eigenvalue weighted by molar-refractivity contribution is -0.118. The molecule has 3 aromatic carbocycles. The van der Waals surface area contributed by atoms with Gasteiger partial charge in [0, 0.05) is 18.5 Å². The quantitative estimate of drug-likeness (QED) is 0.610. The van der Waals surface area contributed by atoms with Crippen LogP contribution in [0.2, 0.25) is 0 Å². The summed E-state index contributed by atoms with van der Waals surface area (Å²) in [4.78, 5) is 40.3. The van der Waals surface area contributed by atoms with Crippen LogP contribution in [0.25, 0.3) is 0 Å². The van der Waals surface area contributed by atoms with E-state index in [2.05, 4.69) is 11.4 Å². The number of rotatable bonds is 5. The van der Waals surface area contributed by atoms with Gasteiger partial charge in [0.15, 0.2) is 0 Å². The lowest BCUT2D eigenvalue weighted by Crippen LogP contribution is -2.39. The van der Waals surface area contributed by atoms with E-state index in [1.54, 1.807) is 59.5 Å². The van der Waals surface area contributed by atoms with Crippen LogP contribution in [0.1, 0.15) is 50.2 Å². The normalized spacial score (nSPS) is 12.4. The number of hydrogen-bond donors (Lipinski definition) is 1. The molecule has 3 amide bonds. The molecule has 0 saturated carbocycles. The number of fused-ring (bicyclic) bond motifs is 1. The van der Waals surface area contributed by atoms with Crippen molar-refractivity contribution in [3.8, 4) is 6.07 Å². The highest BCUT2D eigenvalue weighted by atomic mass is 16.2. The van der Waals surface area contributed by atoms with Gasteiger partial charge in [-0.2, -0.15) is 5.26 Å². The molecule has 0 radical (unpaired) electrons. The zero-order valence-electron chi connectivity index (χ0n) is 18.1. The number of carbonyl (C=O) groups is 3. The number of imide groups is 1. The summed E-state index contributed by atoms with van der Waals surface area (Å²) < 4.78 is 0. The summed E-state index contributed by atoms with van der Waals surface area (Å²) in [5.74, 6) is -1.07. The van der Waals surface area contributed by atoms with Crippen LogP contribution in [0.15, 0.2) is 72.8 Å². The third-order valence-electron chi connectivity index (χ3n) is 5.74. The number of nitriles is 1. The fraction of sp³-hybridized carbons (Fsp3) is 0.185. The first kappa shape index (κ1) is 22.0. The fourth-order valence-corrected chi connectivity index (χ4v) is 4.05. The third-order valence-corrected chi connectivity index (χ3v) is 5.74. The van der Waals surface area contributed by atoms with E-state index >= 15 is 0 Å². The molecule has 0 aliphatic carbocycles. The predicted molar refractivity (Wildman–Crippen MR) is 125 cm³/mol. The second-order valence-electron chi connectivity index (χ2n) is 7.92. The van der Waals surface area contributed by atoms with Gasteiger partial charge >= 0.3 is 0 Å². The summed E-state index contributed by atoms with van der Waals surface area (Å²) in [6.45, 7) is 0.524. The van der Waals surface area contributed by atoms with Gasteiger partial charge in [-0.15, -0.1) is 0 Å². The van der Waals surface area contributed by atoms with Crippen molar-refractivity contribution in [3.05, 3.63) is 101 Å². The second kappa shape index (κ2) is 9.92. The Hall–Kier alpha value is -4.24. The minimum Gasteiger partial charge on any atom is -0.311 e. The molecule has 6 nitrogen and oxygen atoms in total. The van der Waals surface area contributed by atoms with Gasteiger partial charge in [0.1, 0.15) is 0 Å². The van der Waals surface area contributed by atoms with E-state index in [0.29, 0.717) is 35.3 Å². The van der Waals surface area contributed by atoms with Crippen molar-refractivity contribution in [2.24, 2.45) is 0 Å². The maximum Gasteiger partial charge on any atom is 0.260 e. The summed E-state index contributed by atoms with van der Waals surface area (Å²) >= 11 is 0. The molecule has 33 heavy (non-hydrogen) atoms. The van der Waals surface area contributed by atoms with Crippen LogP contribution >= 0.6 is 0 Å². The molecule has 0 unspecified atom stereocenters. The first-order chi connectivity index (χ1) is 16.1. The standard InChI is InChI=1S/C27H23N3O3/c28-18-20-13-11-19(12-14-20)15-16-24(31)30-17-5-9-21-8-4-10-23(25(21)30)27(33)29-26(32)22-6-2-1-3-7-22/h1-4,6-8,10-14H,5,9,15-17H2,(H,29,32,33). The fourth-order valence-electron chi connectivity index (χ4n) is 4.05. The second-order valence-corrected chi connectivity index (χ2v) is 7.92. The highest BCUT2D eigenvalue weighted by Crippen LogP contribution is 2.32. The molecule has 0 bridgehead atoms. The molecule has 164 valence electrons. The molecule has 1 N–H and O–H groups in total. The van der Waals surface area contributed by atoms with Crippen LogP contribution in [0.4, 0.5) is 5.69 Å². The van der Waals surface area contributed by atoms with E-state index in [1.807, 2.05) is 18.2 Å². The van der Waals surface area contributed by atoms with Crippen molar-refractivity contribution >= 4 is 23.4 Å². The Morgan fingerprint density at radius 1 is 0.909 bits per heavy atom. The number of hydrogen-bond acceptors (Lipinski definition) is 4. The number of para-hydroxylation sites is 1. The van der Waals surface area contributed by atoms with Crippen LogP contribution in [-0.4, -0.2) is 24.3 Å². The van der Waals surface area contributed by atoms with E-state index in [0.717, 1.165) is 24.0 Å². The maximum atomic E-state index is 13.2. The molecule has 0 spiro atoms. The predicted octanol–water partition coefficient (Wildman–Crippen LogP) is 4.04. The highest BCUT2D eigenvalue weighted by Gasteiger charge is 2.28. The lowest BCUT2D eigenvalue weighted by atomic mass is 9.96. The van der Waals surface area contributed by atoms with Crippen molar-refractivity contribution in [1.29, 1.82) is 5.26 Å². The Bertz CT molecular complexity index is 1230. The SMILES string of the molecule is N#Cc1ccc(CCC(=O)N2CCCc3cccc(C(=O)NC(=O)c4ccccc4)c32)cc1. The number of benzene rings is 3. The molecule has 1 heterocycles. The van der Waals surface area contributed by atoms with Crippen molar-refractivity contribution < 1.29 is 14.4 Å². The van der Waals surface area contributed by atoms with E-state index in [1.165, 1.54) is 0 Å². The van der Waals surface area contributed by atoms with Gasteiger partial charge in [0.05, 0.1) is 22.9 Å². The van der Waals surface area contributed by atoms with Crippen molar-refractivity contribution in [3.63, 3.8) is 0 Å². The molecule has 0 saturated heterocycles. The first-order valence-electron chi connectivity index (χ1n) is 10.9. The van der Waals surface area contributed by atoms with Crippen LogP contribution in [-0.2, 0) is 17.6 Å². The van der Waals surface area contributed by atoms with Gasteiger partial charge in [0.25, 0.3) is 11.8 Å². The van der Waals surface area contributed by atoms with Gasteiger partial charge in [0.2, 0.25) is 5.91 Å². The van der Waals surface area contributed by atoms with Crippen LogP contribution < -0.4 is 10.2 Å². The first-order valence-corrected chi connectivity index (χ1v) is 10.9. The van der Waals surface area contributed by atoms with E-state index < -0.39 is 11.8 Å². The van der Waals surface area contributed by atoms with E-state index in [4.69, 9.17) is 5.26 Å². The van der Waals surface area contributed by atoms with Crippen molar-refractivity contribution in [1.82, 2.24) is 5.32 Å². The molecule has 1 aliphatic heterocycles. The van der Waals surface area contributed by atoms with Crippen molar-refractivity contribution in [2.45, 2.75) is 25.7 Å². The molecule has 6 heteroatoms. The third kappa shape index (κ3) is 4.99. The summed E-state index contributed by atoms with van der Waals surface area (Å²) in [5, 5.41) is 11.4.